The van der Waals surface area contributed by atoms with Gasteiger partial charge in [0.2, 0.25) is 0 Å². The van der Waals surface area contributed by atoms with Crippen LogP contribution in [0.1, 0.15) is 38.0 Å². The lowest BCUT2D eigenvalue weighted by molar-refractivity contribution is -0.143. The van der Waals surface area contributed by atoms with Crippen LogP contribution < -0.4 is 10.6 Å². The van der Waals surface area contributed by atoms with E-state index in [1.165, 1.54) is 0 Å². The monoisotopic (exact) mass is 345 g/mol. The first-order chi connectivity index (χ1) is 12.2. The van der Waals surface area contributed by atoms with Crippen LogP contribution in [0.25, 0.3) is 11.0 Å². The summed E-state index contributed by atoms with van der Waals surface area (Å²) in [5.41, 5.74) is 2.01. The number of nitrogens with zero attached hydrogens (tertiary/aromatic N) is 1. The van der Waals surface area contributed by atoms with Gasteiger partial charge in [0.05, 0.1) is 6.61 Å². The smallest absolute Gasteiger partial charge is 0.305 e. The summed E-state index contributed by atoms with van der Waals surface area (Å²) in [6.07, 6.45) is 1.11. The summed E-state index contributed by atoms with van der Waals surface area (Å²) in [6.45, 7) is 8.19. The highest BCUT2D eigenvalue weighted by Gasteiger charge is 2.09. The second-order valence-electron chi connectivity index (χ2n) is 5.68. The summed E-state index contributed by atoms with van der Waals surface area (Å²) < 4.78 is 10.8. The van der Waals surface area contributed by atoms with Crippen LogP contribution >= 0.6 is 0 Å². The number of benzene rings is 1. The van der Waals surface area contributed by atoms with E-state index in [2.05, 4.69) is 28.6 Å². The zero-order valence-corrected chi connectivity index (χ0v) is 15.2. The molecule has 25 heavy (non-hydrogen) atoms. The highest BCUT2D eigenvalue weighted by molar-refractivity contribution is 5.82. The lowest BCUT2D eigenvalue weighted by Gasteiger charge is -2.10. The number of guanidine groups is 1. The lowest BCUT2D eigenvalue weighted by atomic mass is 10.1. The maximum atomic E-state index is 11.3. The highest BCUT2D eigenvalue weighted by atomic mass is 16.5. The van der Waals surface area contributed by atoms with Crippen LogP contribution in [0.2, 0.25) is 0 Å². The summed E-state index contributed by atoms with van der Waals surface area (Å²) in [6, 6.07) is 8.00. The van der Waals surface area contributed by atoms with Crippen molar-refractivity contribution in [3.8, 4) is 0 Å². The molecule has 0 aliphatic rings. The third-order valence-electron chi connectivity index (χ3n) is 3.82. The van der Waals surface area contributed by atoms with Gasteiger partial charge in [0, 0.05) is 30.5 Å². The first kappa shape index (κ1) is 18.8. The number of carbonyl (C=O) groups is 1. The molecule has 0 bridgehead atoms. The molecule has 0 fully saturated rings. The van der Waals surface area contributed by atoms with E-state index in [0.29, 0.717) is 38.5 Å². The molecule has 0 aliphatic heterocycles. The van der Waals surface area contributed by atoms with Crippen LogP contribution in [-0.4, -0.2) is 31.6 Å². The second-order valence-corrected chi connectivity index (χ2v) is 5.68. The minimum Gasteiger partial charge on any atom is -0.466 e. The zero-order valence-electron chi connectivity index (χ0n) is 15.2. The molecule has 0 amide bonds. The van der Waals surface area contributed by atoms with Crippen molar-refractivity contribution in [2.45, 2.75) is 40.2 Å². The van der Waals surface area contributed by atoms with Crippen molar-refractivity contribution in [1.82, 2.24) is 10.6 Å². The predicted molar refractivity (Wildman–Crippen MR) is 99.6 cm³/mol. The summed E-state index contributed by atoms with van der Waals surface area (Å²) in [4.78, 5) is 15.9. The number of esters is 1. The normalized spacial score (nSPS) is 11.6. The second kappa shape index (κ2) is 9.71. The fourth-order valence-corrected chi connectivity index (χ4v) is 2.54. The Balaban J connectivity index is 1.92. The van der Waals surface area contributed by atoms with Gasteiger partial charge in [0.15, 0.2) is 5.96 Å². The molecule has 0 saturated heterocycles. The predicted octanol–water partition coefficient (Wildman–Crippen LogP) is 3.14. The molecular formula is C19H27N3O3. The number of furan rings is 1. The van der Waals surface area contributed by atoms with Crippen molar-refractivity contribution in [1.29, 1.82) is 0 Å². The number of carbonyl (C=O) groups excluding carboxylic acids is 1. The van der Waals surface area contributed by atoms with Gasteiger partial charge in [-0.15, -0.1) is 0 Å². The number of hydrogen-bond donors (Lipinski definition) is 2. The quantitative estimate of drug-likeness (QED) is 0.333. The van der Waals surface area contributed by atoms with Gasteiger partial charge in [0.25, 0.3) is 0 Å². The number of aryl methyl sites for hydroxylation is 1. The third kappa shape index (κ3) is 5.52. The number of para-hydroxylation sites is 1. The van der Waals surface area contributed by atoms with Gasteiger partial charge in [-0.25, -0.2) is 4.99 Å². The zero-order chi connectivity index (χ0) is 18.1. The Morgan fingerprint density at radius 1 is 1.24 bits per heavy atom. The van der Waals surface area contributed by atoms with E-state index in [-0.39, 0.29) is 5.97 Å². The van der Waals surface area contributed by atoms with Crippen molar-refractivity contribution in [2.24, 2.45) is 4.99 Å². The van der Waals surface area contributed by atoms with Gasteiger partial charge in [-0.1, -0.05) is 18.2 Å². The Bertz CT molecular complexity index is 722. The van der Waals surface area contributed by atoms with Gasteiger partial charge in [-0.05, 0) is 33.3 Å². The van der Waals surface area contributed by atoms with Crippen molar-refractivity contribution in [2.75, 3.05) is 19.7 Å². The fourth-order valence-electron chi connectivity index (χ4n) is 2.54. The van der Waals surface area contributed by atoms with Crippen molar-refractivity contribution in [3.63, 3.8) is 0 Å². The standard InChI is InChI=1S/C19H27N3O3/c1-4-20-19(21-12-8-11-18(23)24-5-2)22-13-17-14(3)15-9-6-7-10-16(15)25-17/h6-7,9-10H,4-5,8,11-13H2,1-3H3,(H2,20,21,22). The van der Waals surface area contributed by atoms with Crippen LogP contribution in [0, 0.1) is 6.92 Å². The van der Waals surface area contributed by atoms with E-state index in [1.54, 1.807) is 0 Å². The average Bonchev–Trinajstić information content (AvgIpc) is 2.93. The maximum Gasteiger partial charge on any atom is 0.305 e. The van der Waals surface area contributed by atoms with Gasteiger partial charge in [-0.3, -0.25) is 4.79 Å². The fraction of sp³-hybridized carbons (Fsp3) is 0.474. The molecule has 6 nitrogen and oxygen atoms in total. The largest absolute Gasteiger partial charge is 0.466 e. The number of rotatable bonds is 8. The lowest BCUT2D eigenvalue weighted by Crippen LogP contribution is -2.37. The molecule has 0 radical (unpaired) electrons. The van der Waals surface area contributed by atoms with Gasteiger partial charge < -0.3 is 19.8 Å². The number of hydrogen-bond acceptors (Lipinski definition) is 4. The molecule has 2 aromatic rings. The van der Waals surface area contributed by atoms with E-state index in [4.69, 9.17) is 9.15 Å². The Kier molecular flexibility index (Phi) is 7.32. The molecule has 1 aromatic carbocycles. The van der Waals surface area contributed by atoms with Crippen LogP contribution in [-0.2, 0) is 16.1 Å². The van der Waals surface area contributed by atoms with Gasteiger partial charge in [-0.2, -0.15) is 0 Å². The Morgan fingerprint density at radius 2 is 2.04 bits per heavy atom. The number of fused-ring (bicyclic) bond motifs is 1. The third-order valence-corrected chi connectivity index (χ3v) is 3.82. The summed E-state index contributed by atoms with van der Waals surface area (Å²) in [7, 11) is 0. The van der Waals surface area contributed by atoms with Gasteiger partial charge in [0.1, 0.15) is 17.9 Å². The number of nitrogens with one attached hydrogen (secondary N) is 2. The first-order valence-corrected chi connectivity index (χ1v) is 8.80. The van der Waals surface area contributed by atoms with Crippen LogP contribution in [0.3, 0.4) is 0 Å². The topological polar surface area (TPSA) is 75.9 Å². The molecule has 136 valence electrons. The van der Waals surface area contributed by atoms with E-state index in [9.17, 15) is 4.79 Å². The van der Waals surface area contributed by atoms with Crippen molar-refractivity contribution >= 4 is 22.9 Å². The molecule has 1 heterocycles. The summed E-state index contributed by atoms with van der Waals surface area (Å²) in [5, 5.41) is 7.56. The van der Waals surface area contributed by atoms with Crippen LogP contribution in [0.15, 0.2) is 33.7 Å². The minimum atomic E-state index is -0.163. The average molecular weight is 345 g/mol. The summed E-state index contributed by atoms with van der Waals surface area (Å²) >= 11 is 0. The summed E-state index contributed by atoms with van der Waals surface area (Å²) in [5.74, 6) is 1.42. The Labute approximate surface area is 148 Å². The highest BCUT2D eigenvalue weighted by Crippen LogP contribution is 2.25. The molecule has 0 unspecified atom stereocenters. The molecule has 6 heteroatoms. The Hall–Kier alpha value is -2.50. The van der Waals surface area contributed by atoms with Crippen molar-refractivity contribution in [3.05, 3.63) is 35.6 Å². The number of aliphatic imine (C=N–C) groups is 1. The van der Waals surface area contributed by atoms with E-state index in [1.807, 2.05) is 32.0 Å². The van der Waals surface area contributed by atoms with Crippen LogP contribution in [0.5, 0.6) is 0 Å². The Morgan fingerprint density at radius 3 is 2.76 bits per heavy atom. The van der Waals surface area contributed by atoms with E-state index in [0.717, 1.165) is 28.8 Å². The molecule has 0 spiro atoms. The molecule has 0 atom stereocenters. The molecular weight excluding hydrogens is 318 g/mol. The van der Waals surface area contributed by atoms with E-state index < -0.39 is 0 Å². The molecule has 0 saturated carbocycles. The first-order valence-electron chi connectivity index (χ1n) is 8.80. The van der Waals surface area contributed by atoms with Crippen LogP contribution in [0.4, 0.5) is 0 Å². The molecule has 1 aromatic heterocycles. The molecule has 2 N–H and O–H groups in total. The van der Waals surface area contributed by atoms with Crippen molar-refractivity contribution < 1.29 is 13.9 Å². The minimum absolute atomic E-state index is 0.163. The van der Waals surface area contributed by atoms with Gasteiger partial charge >= 0.3 is 5.97 Å². The SMILES string of the molecule is CCNC(=NCc1oc2ccccc2c1C)NCCCC(=O)OCC. The molecule has 2 rings (SSSR count). The maximum absolute atomic E-state index is 11.3. The number of ether oxygens (including phenoxy) is 1. The van der Waals surface area contributed by atoms with E-state index >= 15 is 0 Å². The molecule has 0 aliphatic carbocycles.